The third-order valence-corrected chi connectivity index (χ3v) is 9.27. The number of sulfonamides is 2. The molecule has 3 rings (SSSR count). The Balaban J connectivity index is 1.96. The minimum atomic E-state index is -3.83. The van der Waals surface area contributed by atoms with Crippen LogP contribution in [0.5, 0.6) is 5.75 Å². The minimum Gasteiger partial charge on any atom is -0.495 e. The number of benzene rings is 2. The molecule has 1 aliphatic heterocycles. The molecular weight excluding hydrogens is 478 g/mol. The SMILES string of the molecule is COc1ccc(S(=O)(=O)N(C)C)cc1NC(=O)c1ccc(Cl)c(S(=O)(=O)N2CCCC2)c1. The van der Waals surface area contributed by atoms with Gasteiger partial charge in [0, 0.05) is 32.7 Å². The molecule has 1 heterocycles. The quantitative estimate of drug-likeness (QED) is 0.624. The van der Waals surface area contributed by atoms with Crippen LogP contribution in [0, 0.1) is 0 Å². The lowest BCUT2D eigenvalue weighted by Gasteiger charge is -2.17. The molecule has 0 saturated carbocycles. The van der Waals surface area contributed by atoms with Gasteiger partial charge >= 0.3 is 0 Å². The van der Waals surface area contributed by atoms with Gasteiger partial charge in [-0.25, -0.2) is 21.1 Å². The number of carbonyl (C=O) groups is 1. The highest BCUT2D eigenvalue weighted by molar-refractivity contribution is 7.89. The third-order valence-electron chi connectivity index (χ3n) is 5.07. The Kier molecular flexibility index (Phi) is 7.15. The van der Waals surface area contributed by atoms with Crippen LogP contribution in [-0.2, 0) is 20.0 Å². The number of methoxy groups -OCH3 is 1. The van der Waals surface area contributed by atoms with Crippen LogP contribution in [0.2, 0.25) is 5.02 Å². The monoisotopic (exact) mass is 501 g/mol. The number of nitrogens with one attached hydrogen (secondary N) is 1. The number of rotatable bonds is 7. The lowest BCUT2D eigenvalue weighted by atomic mass is 10.2. The number of ether oxygens (including phenoxy) is 1. The molecule has 12 heteroatoms. The molecule has 0 bridgehead atoms. The fourth-order valence-electron chi connectivity index (χ4n) is 3.26. The lowest BCUT2D eigenvalue weighted by molar-refractivity contribution is 0.102. The van der Waals surface area contributed by atoms with Crippen molar-refractivity contribution >= 4 is 43.2 Å². The second-order valence-corrected chi connectivity index (χ2v) is 11.8. The molecule has 9 nitrogen and oxygen atoms in total. The van der Waals surface area contributed by atoms with Gasteiger partial charge in [-0.05, 0) is 49.2 Å². The van der Waals surface area contributed by atoms with E-state index in [4.69, 9.17) is 16.3 Å². The van der Waals surface area contributed by atoms with Crippen LogP contribution in [0.1, 0.15) is 23.2 Å². The van der Waals surface area contributed by atoms with E-state index in [0.29, 0.717) is 13.1 Å². The van der Waals surface area contributed by atoms with E-state index < -0.39 is 26.0 Å². The van der Waals surface area contributed by atoms with E-state index in [1.807, 2.05) is 0 Å². The molecule has 1 amide bonds. The van der Waals surface area contributed by atoms with Crippen molar-refractivity contribution in [3.63, 3.8) is 0 Å². The summed E-state index contributed by atoms with van der Waals surface area (Å²) in [6.07, 6.45) is 1.53. The Morgan fingerprint density at radius 3 is 2.31 bits per heavy atom. The number of anilines is 1. The summed E-state index contributed by atoms with van der Waals surface area (Å²) in [4.78, 5) is 12.7. The Morgan fingerprint density at radius 2 is 1.72 bits per heavy atom. The van der Waals surface area contributed by atoms with Crippen LogP contribution in [0.3, 0.4) is 0 Å². The molecule has 0 aromatic heterocycles. The topological polar surface area (TPSA) is 113 Å². The molecule has 0 atom stereocenters. The highest BCUT2D eigenvalue weighted by Crippen LogP contribution is 2.31. The first kappa shape index (κ1) is 24.5. The summed E-state index contributed by atoms with van der Waals surface area (Å²) in [5, 5.41) is 2.62. The standard InChI is InChI=1S/C20H24ClN3O6S2/c1-23(2)31(26,27)15-7-9-18(30-3)17(13-15)22-20(25)14-6-8-16(21)19(12-14)32(28,29)24-10-4-5-11-24/h6-9,12-13H,4-5,10-11H2,1-3H3,(H,22,25). The van der Waals surface area contributed by atoms with Gasteiger partial charge in [0.1, 0.15) is 10.6 Å². The molecule has 1 N–H and O–H groups in total. The fourth-order valence-corrected chi connectivity index (χ4v) is 6.21. The zero-order valence-electron chi connectivity index (χ0n) is 17.8. The number of amides is 1. The van der Waals surface area contributed by atoms with Crippen molar-refractivity contribution in [2.24, 2.45) is 0 Å². The second-order valence-electron chi connectivity index (χ2n) is 7.36. The summed E-state index contributed by atoms with van der Waals surface area (Å²) < 4.78 is 58.4. The van der Waals surface area contributed by atoms with E-state index in [-0.39, 0.29) is 31.8 Å². The number of hydrogen-bond donors (Lipinski definition) is 1. The molecule has 1 fully saturated rings. The van der Waals surface area contributed by atoms with E-state index in [2.05, 4.69) is 5.32 Å². The van der Waals surface area contributed by atoms with Crippen LogP contribution >= 0.6 is 11.6 Å². The van der Waals surface area contributed by atoms with Gasteiger partial charge in [0.25, 0.3) is 5.91 Å². The van der Waals surface area contributed by atoms with Crippen LogP contribution < -0.4 is 10.1 Å². The average molecular weight is 502 g/mol. The number of hydrogen-bond acceptors (Lipinski definition) is 6. The van der Waals surface area contributed by atoms with Crippen molar-refractivity contribution in [2.75, 3.05) is 39.6 Å². The summed E-state index contributed by atoms with van der Waals surface area (Å²) in [5.41, 5.74) is 0.175. The van der Waals surface area contributed by atoms with Gasteiger partial charge in [-0.3, -0.25) is 4.79 Å². The number of nitrogens with zero attached hydrogens (tertiary/aromatic N) is 2. The molecule has 2 aromatic rings. The zero-order chi connectivity index (χ0) is 23.7. The highest BCUT2D eigenvalue weighted by Gasteiger charge is 2.30. The largest absolute Gasteiger partial charge is 0.495 e. The first-order valence-corrected chi connectivity index (χ1v) is 13.0. The lowest BCUT2D eigenvalue weighted by Crippen LogP contribution is -2.28. The summed E-state index contributed by atoms with van der Waals surface area (Å²) in [5.74, 6) is -0.396. The smallest absolute Gasteiger partial charge is 0.255 e. The van der Waals surface area contributed by atoms with E-state index >= 15 is 0 Å². The summed E-state index contributed by atoms with van der Waals surface area (Å²) in [6.45, 7) is 0.804. The van der Waals surface area contributed by atoms with Crippen LogP contribution in [0.4, 0.5) is 5.69 Å². The van der Waals surface area contributed by atoms with E-state index in [0.717, 1.165) is 17.1 Å². The number of halogens is 1. The fraction of sp³-hybridized carbons (Fsp3) is 0.350. The number of carbonyl (C=O) groups excluding carboxylic acids is 1. The van der Waals surface area contributed by atoms with Crippen LogP contribution in [0.25, 0.3) is 0 Å². The first-order chi connectivity index (χ1) is 15.0. The van der Waals surface area contributed by atoms with Crippen molar-refractivity contribution in [3.05, 3.63) is 47.0 Å². The van der Waals surface area contributed by atoms with Crippen molar-refractivity contribution in [1.82, 2.24) is 8.61 Å². The van der Waals surface area contributed by atoms with Crippen molar-refractivity contribution in [1.29, 1.82) is 0 Å². The van der Waals surface area contributed by atoms with Gasteiger partial charge in [0.2, 0.25) is 20.0 Å². The van der Waals surface area contributed by atoms with Crippen LogP contribution in [0.15, 0.2) is 46.2 Å². The summed E-state index contributed by atoms with van der Waals surface area (Å²) >= 11 is 6.14. The van der Waals surface area contributed by atoms with Gasteiger partial charge in [0.05, 0.1) is 22.7 Å². The average Bonchev–Trinajstić information content (AvgIpc) is 3.29. The molecular formula is C20H24ClN3O6S2. The van der Waals surface area contributed by atoms with Crippen molar-refractivity contribution in [3.8, 4) is 5.75 Å². The van der Waals surface area contributed by atoms with Crippen LogP contribution in [-0.4, -0.2) is 65.6 Å². The third kappa shape index (κ3) is 4.76. The van der Waals surface area contributed by atoms with Gasteiger partial charge < -0.3 is 10.1 Å². The predicted octanol–water partition coefficient (Wildman–Crippen LogP) is 2.64. The highest BCUT2D eigenvalue weighted by atomic mass is 35.5. The minimum absolute atomic E-state index is 0.0186. The maximum absolute atomic E-state index is 12.9. The molecule has 32 heavy (non-hydrogen) atoms. The van der Waals surface area contributed by atoms with Gasteiger partial charge in [-0.2, -0.15) is 4.31 Å². The molecule has 1 aliphatic rings. The molecule has 174 valence electrons. The molecule has 0 aliphatic carbocycles. The predicted molar refractivity (Wildman–Crippen MR) is 121 cm³/mol. The Morgan fingerprint density at radius 1 is 1.06 bits per heavy atom. The molecule has 0 unspecified atom stereocenters. The normalized spacial score (nSPS) is 15.2. The molecule has 2 aromatic carbocycles. The Hall–Kier alpha value is -2.18. The summed E-state index contributed by atoms with van der Waals surface area (Å²) in [6, 6.07) is 8.04. The first-order valence-electron chi connectivity index (χ1n) is 9.70. The maximum atomic E-state index is 12.9. The Labute approximate surface area is 193 Å². The van der Waals surface area contributed by atoms with Crippen molar-refractivity contribution < 1.29 is 26.4 Å². The summed E-state index contributed by atoms with van der Waals surface area (Å²) in [7, 11) is -3.40. The van der Waals surface area contributed by atoms with E-state index in [1.165, 1.54) is 61.9 Å². The van der Waals surface area contributed by atoms with Gasteiger partial charge in [-0.15, -0.1) is 0 Å². The van der Waals surface area contributed by atoms with Gasteiger partial charge in [-0.1, -0.05) is 11.6 Å². The zero-order valence-corrected chi connectivity index (χ0v) is 20.2. The second kappa shape index (κ2) is 9.36. The molecule has 1 saturated heterocycles. The molecule has 0 radical (unpaired) electrons. The van der Waals surface area contributed by atoms with E-state index in [9.17, 15) is 21.6 Å². The van der Waals surface area contributed by atoms with E-state index in [1.54, 1.807) is 0 Å². The molecule has 0 spiro atoms. The Bertz CT molecular complexity index is 1240. The van der Waals surface area contributed by atoms with Gasteiger partial charge in [0.15, 0.2) is 0 Å². The maximum Gasteiger partial charge on any atom is 0.255 e. The van der Waals surface area contributed by atoms with Crippen molar-refractivity contribution in [2.45, 2.75) is 22.6 Å².